The van der Waals surface area contributed by atoms with Gasteiger partial charge in [0.1, 0.15) is 14.5 Å². The molecule has 0 aliphatic rings. The standard InChI is InChI=1S/C10H11BN4O2.Y/c1-13-15(7-14-12)10(16)17-6-8-2-4-9(11)5-3-8;/h2-5,7,12H,6H2,1H3;/q-2;/b14-7-;. The molecule has 1 N–H and O–H groups in total. The van der Waals surface area contributed by atoms with E-state index in [0.717, 1.165) is 16.9 Å². The molecule has 1 aromatic rings. The van der Waals surface area contributed by atoms with Gasteiger partial charge >= 0.3 is 6.09 Å². The first-order valence-electron chi connectivity index (χ1n) is 4.77. The van der Waals surface area contributed by atoms with Crippen molar-refractivity contribution in [2.45, 2.75) is 6.61 Å². The van der Waals surface area contributed by atoms with Crippen LogP contribution in [-0.2, 0) is 44.1 Å². The van der Waals surface area contributed by atoms with Crippen LogP contribution in [-0.4, -0.2) is 32.3 Å². The summed E-state index contributed by atoms with van der Waals surface area (Å²) in [6, 6.07) is 6.95. The van der Waals surface area contributed by atoms with Crippen LogP contribution in [0.4, 0.5) is 4.79 Å². The molecule has 0 saturated carbocycles. The van der Waals surface area contributed by atoms with E-state index in [2.05, 4.69) is 10.5 Å². The summed E-state index contributed by atoms with van der Waals surface area (Å²) in [5, 5.41) is 3.77. The van der Waals surface area contributed by atoms with Gasteiger partial charge in [-0.3, -0.25) is 0 Å². The van der Waals surface area contributed by atoms with Gasteiger partial charge in [0, 0.05) is 32.7 Å². The maximum atomic E-state index is 11.4. The van der Waals surface area contributed by atoms with Crippen LogP contribution in [0, 0.1) is 0 Å². The summed E-state index contributed by atoms with van der Waals surface area (Å²) in [5.41, 5.74) is 5.03. The van der Waals surface area contributed by atoms with Crippen molar-refractivity contribution in [2.24, 2.45) is 5.10 Å². The molecule has 0 aliphatic carbocycles. The second-order valence-electron chi connectivity index (χ2n) is 3.09. The van der Waals surface area contributed by atoms with Crippen molar-refractivity contribution >= 4 is 25.7 Å². The Balaban J connectivity index is 0.00000289. The molecule has 1 amide bonds. The van der Waals surface area contributed by atoms with E-state index >= 15 is 0 Å². The number of amides is 1. The number of rotatable bonds is 4. The maximum absolute atomic E-state index is 11.4. The zero-order valence-electron chi connectivity index (χ0n) is 9.91. The Bertz CT molecular complexity index is 399. The molecule has 0 spiro atoms. The predicted molar refractivity (Wildman–Crippen MR) is 66.0 cm³/mol. The molecule has 1 rings (SSSR count). The molecule has 0 atom stereocenters. The van der Waals surface area contributed by atoms with Crippen LogP contribution < -0.4 is 5.46 Å². The number of benzene rings is 1. The summed E-state index contributed by atoms with van der Waals surface area (Å²) in [6.07, 6.45) is 0.256. The molecule has 6 nitrogen and oxygen atoms in total. The van der Waals surface area contributed by atoms with Crippen molar-refractivity contribution in [1.29, 1.82) is 0 Å². The van der Waals surface area contributed by atoms with Crippen molar-refractivity contribution in [2.75, 3.05) is 7.05 Å². The van der Waals surface area contributed by atoms with Crippen molar-refractivity contribution in [1.82, 2.24) is 5.01 Å². The van der Waals surface area contributed by atoms with Gasteiger partial charge in [0.2, 0.25) is 0 Å². The molecule has 3 radical (unpaired) electrons. The number of ether oxygens (including phenoxy) is 1. The van der Waals surface area contributed by atoms with E-state index in [1.165, 1.54) is 7.05 Å². The Hall–Kier alpha value is -0.911. The van der Waals surface area contributed by atoms with Crippen molar-refractivity contribution < 1.29 is 42.2 Å². The Morgan fingerprint density at radius 3 is 2.67 bits per heavy atom. The molecule has 91 valence electrons. The van der Waals surface area contributed by atoms with Crippen molar-refractivity contribution in [3.63, 3.8) is 0 Å². The minimum absolute atomic E-state index is 0. The average molecular weight is 319 g/mol. The average Bonchev–Trinajstić information content (AvgIpc) is 2.35. The Labute approximate surface area is 132 Å². The Morgan fingerprint density at radius 1 is 1.56 bits per heavy atom. The third-order valence-electron chi connectivity index (χ3n) is 1.91. The molecule has 0 aliphatic heterocycles. The SMILES string of the molecule is [B]c1ccc(COC(=O)N(/C=N\[NH-])[N-]C)cc1.[Y]. The second kappa shape index (κ2) is 9.08. The number of nitrogens with one attached hydrogen (secondary N) is 1. The Morgan fingerprint density at radius 2 is 2.17 bits per heavy atom. The smallest absolute Gasteiger partial charge is 0.397 e. The Kier molecular flexibility index (Phi) is 8.62. The molecule has 0 fully saturated rings. The topological polar surface area (TPSA) is 79.8 Å². The van der Waals surface area contributed by atoms with Gasteiger partial charge in [-0.1, -0.05) is 29.7 Å². The van der Waals surface area contributed by atoms with E-state index in [1.807, 2.05) is 0 Å². The van der Waals surface area contributed by atoms with Crippen LogP contribution in [0.5, 0.6) is 0 Å². The normalized spacial score (nSPS) is 9.83. The van der Waals surface area contributed by atoms with Gasteiger partial charge in [-0.15, -0.1) is 7.05 Å². The van der Waals surface area contributed by atoms with E-state index in [0.29, 0.717) is 5.46 Å². The minimum Gasteiger partial charge on any atom is -0.615 e. The van der Waals surface area contributed by atoms with Crippen LogP contribution >= 0.6 is 0 Å². The van der Waals surface area contributed by atoms with E-state index in [-0.39, 0.29) is 39.3 Å². The first kappa shape index (κ1) is 17.1. The summed E-state index contributed by atoms with van der Waals surface area (Å²) < 4.78 is 4.95. The summed E-state index contributed by atoms with van der Waals surface area (Å²) in [5.74, 6) is 6.60. The molecule has 1 aromatic carbocycles. The van der Waals surface area contributed by atoms with Crippen LogP contribution in [0.15, 0.2) is 29.4 Å². The summed E-state index contributed by atoms with van der Waals surface area (Å²) in [4.78, 5) is 11.4. The molecule has 0 saturated heterocycles. The van der Waals surface area contributed by atoms with E-state index in [9.17, 15) is 4.79 Å². The number of nitrogens with zero attached hydrogens (tertiary/aromatic N) is 3. The molecule has 0 bridgehead atoms. The molecule has 0 heterocycles. The summed E-state index contributed by atoms with van der Waals surface area (Å²) >= 11 is 0. The monoisotopic (exact) mass is 319 g/mol. The first-order valence-corrected chi connectivity index (χ1v) is 4.77. The van der Waals surface area contributed by atoms with Gasteiger partial charge in [-0.05, 0) is 5.56 Å². The van der Waals surface area contributed by atoms with Crippen LogP contribution in [0.1, 0.15) is 5.56 Å². The van der Waals surface area contributed by atoms with Gasteiger partial charge < -0.3 is 26.1 Å². The fourth-order valence-corrected chi connectivity index (χ4v) is 1.06. The fraction of sp³-hybridized carbons (Fsp3) is 0.200. The molecule has 8 heteroatoms. The number of hydrogen-bond donors (Lipinski definition) is 0. The van der Waals surface area contributed by atoms with Crippen molar-refractivity contribution in [3.8, 4) is 0 Å². The van der Waals surface area contributed by atoms with Crippen LogP contribution in [0.3, 0.4) is 0 Å². The van der Waals surface area contributed by atoms with E-state index in [4.69, 9.17) is 18.4 Å². The summed E-state index contributed by atoms with van der Waals surface area (Å²) in [6.45, 7) is 0.108. The van der Waals surface area contributed by atoms with Gasteiger partial charge in [-0.2, -0.15) is 0 Å². The predicted octanol–water partition coefficient (Wildman–Crippen LogP) is 1.33. The van der Waals surface area contributed by atoms with Crippen LogP contribution in [0.2, 0.25) is 0 Å². The quantitative estimate of drug-likeness (QED) is 0.363. The zero-order valence-corrected chi connectivity index (χ0v) is 12.7. The first-order chi connectivity index (χ1) is 8.17. The van der Waals surface area contributed by atoms with Crippen molar-refractivity contribution in [3.05, 3.63) is 41.1 Å². The second-order valence-corrected chi connectivity index (χ2v) is 3.09. The molecule has 0 aromatic heterocycles. The van der Waals surface area contributed by atoms with E-state index < -0.39 is 6.09 Å². The van der Waals surface area contributed by atoms with Gasteiger partial charge in [0.05, 0.1) is 6.34 Å². The molecular formula is C10H11BN4O2Y-2. The molecule has 18 heavy (non-hydrogen) atoms. The molecular weight excluding hydrogens is 308 g/mol. The fourth-order valence-electron chi connectivity index (χ4n) is 1.06. The van der Waals surface area contributed by atoms with Gasteiger partial charge in [0.25, 0.3) is 0 Å². The van der Waals surface area contributed by atoms with Crippen LogP contribution in [0.25, 0.3) is 11.3 Å². The number of carbonyl (C=O) groups excluding carboxylic acids is 1. The van der Waals surface area contributed by atoms with Gasteiger partial charge in [-0.25, -0.2) is 4.79 Å². The number of carbonyl (C=O) groups is 1. The summed E-state index contributed by atoms with van der Waals surface area (Å²) in [7, 11) is 6.92. The molecule has 0 unspecified atom stereocenters. The maximum Gasteiger partial charge on any atom is 0.397 e. The van der Waals surface area contributed by atoms with Gasteiger partial charge in [0.15, 0.2) is 0 Å². The third-order valence-corrected chi connectivity index (χ3v) is 1.91. The van der Waals surface area contributed by atoms with E-state index in [1.54, 1.807) is 24.3 Å². The largest absolute Gasteiger partial charge is 0.615 e. The minimum atomic E-state index is -0.694. The third kappa shape index (κ3) is 5.62. The zero-order chi connectivity index (χ0) is 12.7. The number of hydrogen-bond acceptors (Lipinski definition) is 3.